The number of aromatic nitrogens is 24. The van der Waals surface area contributed by atoms with E-state index in [1.807, 2.05) is 135 Å². The molecule has 30 heteroatoms. The summed E-state index contributed by atoms with van der Waals surface area (Å²) in [6.07, 6.45) is 20.8. The molecule has 0 aliphatic carbocycles. The number of anilines is 3. The van der Waals surface area contributed by atoms with Gasteiger partial charge in [0.05, 0.1) is 56.6 Å². The molecule has 107 heavy (non-hydrogen) atoms. The molecule has 1 aromatic carbocycles. The lowest BCUT2D eigenvalue weighted by Crippen LogP contribution is -2.22. The summed E-state index contributed by atoms with van der Waals surface area (Å²) in [5.74, 6) is 2.65. The molecule has 0 fully saturated rings. The van der Waals surface area contributed by atoms with Crippen LogP contribution < -0.4 is 32.6 Å². The van der Waals surface area contributed by atoms with Gasteiger partial charge in [-0.1, -0.05) is 30.3 Å². The molecule has 0 atom stereocenters. The lowest BCUT2D eigenvalue weighted by atomic mass is 10.1. The number of fused-ring (bicyclic) bond motifs is 7. The van der Waals surface area contributed by atoms with Crippen LogP contribution in [-0.4, -0.2) is 123 Å². The Labute approximate surface area is 622 Å². The molecule has 0 amide bonds. The second-order valence-electron chi connectivity index (χ2n) is 31.7. The number of nitrogens with zero attached hydrogens (tertiary/aromatic N) is 22. The molecule has 0 saturated carbocycles. The van der Waals surface area contributed by atoms with Gasteiger partial charge < -0.3 is 63.5 Å². The van der Waals surface area contributed by atoms with Crippen molar-refractivity contribution >= 4 is 95.2 Å². The van der Waals surface area contributed by atoms with Crippen molar-refractivity contribution in [2.45, 2.75) is 205 Å². The molecule has 0 aliphatic rings. The third-order valence-electron chi connectivity index (χ3n) is 16.6. The number of nitrogens with one attached hydrogen (secondary N) is 3. The number of hydrogen-bond acceptors (Lipinski definition) is 21. The number of rotatable bonds is 6. The largest absolute Gasteiger partial charge is 0.476 e. The first-order chi connectivity index (χ1) is 50.2. The van der Waals surface area contributed by atoms with Crippen LogP contribution in [0.15, 0.2) is 146 Å². The zero-order valence-corrected chi connectivity index (χ0v) is 65.9. The quantitative estimate of drug-likeness (QED) is 0.103. The van der Waals surface area contributed by atoms with Crippen molar-refractivity contribution in [3.63, 3.8) is 0 Å². The molecule has 14 heterocycles. The maximum Gasteiger partial charge on any atom is 0.279 e. The fraction of sp³-hybridized carbons (Fsp3) is 0.416. The Morgan fingerprint density at radius 3 is 1.52 bits per heavy atom. The van der Waals surface area contributed by atoms with E-state index in [9.17, 15) is 9.59 Å². The topological polar surface area (TPSA) is 367 Å². The standard InChI is InChI=1S/C16H19N5.C12H18N4O.C11H15N3.C10H14N4O.C10H14N4.C9H12N4O.C9H11N3/c1-16(2,3)21-11-20-13-14(18-10-19-15(13)21)17-9-12-7-5-4-6-8-12;1-6-17-11-9-10(14-8(2)15-11)16(7-13-9)12(3,4)5;1-11(2,3)14-7-5-8-9(12)4-6-13-10(8)14;1-6-12-8-7(9(15)13-6)11-5-14(8)10(2,3)4;1-10(2,3)14-6-13-8-7(11)4-5-12-9(8)14;1-9(2,3)13-5-12-6-7(13)10-4-11-8(6)14;1-7(2)12-6-11-8-4-3-5-10-9(8)12/h4-8,10-11H,9H2,1-3H3,(H,17,18,19);7H,6H2,1-5H3;4-7H,1-3H3,(H2,12,13);5H,1-4H3,(H,12,13,15);4-6H,1-3H3,(H2,11,12);4-5H,1-3H3,(H,10,11,14);3-7H,1-2H3. The molecule has 14 aromatic heterocycles. The van der Waals surface area contributed by atoms with Crippen molar-refractivity contribution in [1.29, 1.82) is 0 Å². The van der Waals surface area contributed by atoms with Crippen LogP contribution in [0, 0.1) is 13.8 Å². The number of ether oxygens (including phenoxy) is 1. The summed E-state index contributed by atoms with van der Waals surface area (Å²) in [5.41, 5.74) is 23.4. The lowest BCUT2D eigenvalue weighted by molar-refractivity contribution is 0.329. The van der Waals surface area contributed by atoms with E-state index in [2.05, 4.69) is 213 Å². The highest BCUT2D eigenvalue weighted by atomic mass is 16.5. The average Bonchev–Trinajstić information content (AvgIpc) is 1.68. The normalized spacial score (nSPS) is 12.0. The first-order valence-electron chi connectivity index (χ1n) is 35.4. The number of hydrogen-bond donors (Lipinski definition) is 5. The van der Waals surface area contributed by atoms with Gasteiger partial charge in [0.15, 0.2) is 56.3 Å². The molecule has 7 N–H and O–H groups in total. The number of aromatic amines is 2. The molecule has 15 aromatic rings. The van der Waals surface area contributed by atoms with Crippen LogP contribution in [-0.2, 0) is 39.8 Å². The maximum absolute atomic E-state index is 11.6. The minimum absolute atomic E-state index is 0.0183. The number of benzene rings is 1. The lowest BCUT2D eigenvalue weighted by Gasteiger charge is -2.21. The summed E-state index contributed by atoms with van der Waals surface area (Å²) in [4.78, 5) is 92.3. The predicted octanol–water partition coefficient (Wildman–Crippen LogP) is 13.7. The fourth-order valence-corrected chi connectivity index (χ4v) is 11.1. The Morgan fingerprint density at radius 1 is 0.458 bits per heavy atom. The molecule has 0 saturated heterocycles. The van der Waals surface area contributed by atoms with E-state index in [4.69, 9.17) is 16.2 Å². The Bertz CT molecular complexity index is 5520. The predicted molar refractivity (Wildman–Crippen MR) is 425 cm³/mol. The van der Waals surface area contributed by atoms with E-state index in [0.717, 1.165) is 73.7 Å². The average molecular weight is 1450 g/mol. The summed E-state index contributed by atoms with van der Waals surface area (Å²) in [5, 5.41) is 4.37. The Hall–Kier alpha value is -11.9. The monoisotopic (exact) mass is 1450 g/mol. The van der Waals surface area contributed by atoms with Gasteiger partial charge >= 0.3 is 0 Å². The van der Waals surface area contributed by atoms with E-state index in [1.165, 1.54) is 11.9 Å². The van der Waals surface area contributed by atoms with E-state index in [1.54, 1.807) is 63.2 Å². The van der Waals surface area contributed by atoms with Gasteiger partial charge in [-0.2, -0.15) is 4.98 Å². The van der Waals surface area contributed by atoms with Gasteiger partial charge in [0, 0.05) is 81.7 Å². The summed E-state index contributed by atoms with van der Waals surface area (Å²) in [6.45, 7) is 48.9. The van der Waals surface area contributed by atoms with Crippen molar-refractivity contribution in [2.75, 3.05) is 23.4 Å². The molecule has 0 bridgehead atoms. The third-order valence-corrected chi connectivity index (χ3v) is 16.6. The molecular formula is C77H103N27O3. The zero-order valence-electron chi connectivity index (χ0n) is 65.9. The molecule has 15 rings (SSSR count). The second kappa shape index (κ2) is 31.9. The second-order valence-corrected chi connectivity index (χ2v) is 31.7. The van der Waals surface area contributed by atoms with Crippen LogP contribution in [0.1, 0.15) is 169 Å². The first kappa shape index (κ1) is 79.3. The number of pyridine rings is 3. The SMILES string of the molecule is CC(C)(C)n1ccc2c(N)ccnc21.CC(C)(C)n1cnc2c(=O)[nH]cnc21.CC(C)(C)n1cnc2c(N)ccnc21.CC(C)(C)n1cnc2c(NCc3ccccc3)ncnc21.CC(C)n1cnc2cccnc21.CCOc1nc(C)nc2c1ncn2C(C)(C)C.Cc1nc2c(ncn2C(C)(C)C)c(=O)[nH]1. The summed E-state index contributed by atoms with van der Waals surface area (Å²) < 4.78 is 19.6. The van der Waals surface area contributed by atoms with Crippen molar-refractivity contribution in [3.8, 4) is 5.88 Å². The fourth-order valence-electron chi connectivity index (χ4n) is 11.1. The molecular weight excluding hydrogens is 1350 g/mol. The highest BCUT2D eigenvalue weighted by Gasteiger charge is 2.24. The summed E-state index contributed by atoms with van der Waals surface area (Å²) >= 11 is 0. The van der Waals surface area contributed by atoms with Crippen molar-refractivity contribution in [2.24, 2.45) is 0 Å². The summed E-state index contributed by atoms with van der Waals surface area (Å²) in [6, 6.07) is 20.1. The van der Waals surface area contributed by atoms with Crippen LogP contribution in [0.5, 0.6) is 5.88 Å². The highest BCUT2D eigenvalue weighted by molar-refractivity contribution is 5.88. The Morgan fingerprint density at radius 2 is 0.953 bits per heavy atom. The maximum atomic E-state index is 11.6. The minimum atomic E-state index is -0.196. The number of nitrogens with two attached hydrogens (primary N) is 2. The molecule has 0 radical (unpaired) electrons. The van der Waals surface area contributed by atoms with Gasteiger partial charge in [-0.15, -0.1) is 0 Å². The molecule has 0 unspecified atom stereocenters. The van der Waals surface area contributed by atoms with Crippen LogP contribution in [0.4, 0.5) is 17.2 Å². The van der Waals surface area contributed by atoms with Gasteiger partial charge in [-0.25, -0.2) is 69.8 Å². The van der Waals surface area contributed by atoms with E-state index in [0.29, 0.717) is 58.2 Å². The molecule has 0 spiro atoms. The number of nitrogen functional groups attached to an aromatic ring is 2. The highest BCUT2D eigenvalue weighted by Crippen LogP contribution is 2.30. The summed E-state index contributed by atoms with van der Waals surface area (Å²) in [7, 11) is 0. The number of imidazole rings is 6. The van der Waals surface area contributed by atoms with Gasteiger partial charge in [0.25, 0.3) is 11.1 Å². The van der Waals surface area contributed by atoms with Crippen LogP contribution >= 0.6 is 0 Å². The zero-order chi connectivity index (χ0) is 78.3. The smallest absolute Gasteiger partial charge is 0.279 e. The Balaban J connectivity index is 0.000000145. The van der Waals surface area contributed by atoms with E-state index < -0.39 is 0 Å². The minimum Gasteiger partial charge on any atom is -0.476 e. The Kier molecular flexibility index (Phi) is 23.6. The van der Waals surface area contributed by atoms with Gasteiger partial charge in [0.2, 0.25) is 5.88 Å². The van der Waals surface area contributed by atoms with Crippen LogP contribution in [0.3, 0.4) is 0 Å². The van der Waals surface area contributed by atoms with Crippen LogP contribution in [0.2, 0.25) is 0 Å². The van der Waals surface area contributed by atoms with Gasteiger partial charge in [0.1, 0.15) is 40.2 Å². The van der Waals surface area contributed by atoms with Gasteiger partial charge in [-0.3, -0.25) is 9.59 Å². The van der Waals surface area contributed by atoms with E-state index >= 15 is 0 Å². The molecule has 0 aliphatic heterocycles. The van der Waals surface area contributed by atoms with Crippen molar-refractivity contribution in [3.05, 3.63) is 174 Å². The number of H-pyrrole nitrogens is 2. The molecule has 30 nitrogen and oxygen atoms in total. The third kappa shape index (κ3) is 18.8. The van der Waals surface area contributed by atoms with Gasteiger partial charge in [-0.05, 0) is 195 Å². The van der Waals surface area contributed by atoms with Crippen molar-refractivity contribution in [1.82, 2.24) is 117 Å². The van der Waals surface area contributed by atoms with Crippen molar-refractivity contribution < 1.29 is 4.74 Å². The first-order valence-corrected chi connectivity index (χ1v) is 35.4. The molecule has 564 valence electrons. The van der Waals surface area contributed by atoms with Crippen LogP contribution in [0.25, 0.3) is 78.0 Å². The number of aryl methyl sites for hydroxylation is 2. The van der Waals surface area contributed by atoms with E-state index in [-0.39, 0.29) is 44.4 Å².